The van der Waals surface area contributed by atoms with Crippen molar-refractivity contribution in [3.05, 3.63) is 0 Å². The van der Waals surface area contributed by atoms with E-state index in [0.29, 0.717) is 25.2 Å². The second-order valence-electron chi connectivity index (χ2n) is 4.24. The van der Waals surface area contributed by atoms with E-state index in [-0.39, 0.29) is 5.91 Å². The van der Waals surface area contributed by atoms with Crippen molar-refractivity contribution in [2.24, 2.45) is 0 Å². The Labute approximate surface area is 92.2 Å². The number of nitrogens with zero attached hydrogens (tertiary/aromatic N) is 1. The van der Waals surface area contributed by atoms with Crippen LogP contribution in [0.15, 0.2) is 0 Å². The van der Waals surface area contributed by atoms with Gasteiger partial charge in [0.05, 0.1) is 13.1 Å². The predicted octanol–water partition coefficient (Wildman–Crippen LogP) is 0.999. The number of hydrogen-bond acceptors (Lipinski definition) is 2. The summed E-state index contributed by atoms with van der Waals surface area (Å²) in [5, 5.41) is 2.95. The van der Waals surface area contributed by atoms with Crippen LogP contribution in [-0.4, -0.2) is 36.0 Å². The number of terminal acetylenes is 1. The molecule has 0 spiro atoms. The molecule has 84 valence electrons. The number of amides is 1. The molecule has 0 aromatic carbocycles. The molecule has 1 aliphatic heterocycles. The van der Waals surface area contributed by atoms with Crippen LogP contribution in [0.4, 0.5) is 0 Å². The SMILES string of the molecule is C#CCNCC(=O)N1C(C)CCCC1C. The lowest BCUT2D eigenvalue weighted by atomic mass is 9.97. The van der Waals surface area contributed by atoms with E-state index in [4.69, 9.17) is 6.42 Å². The van der Waals surface area contributed by atoms with E-state index < -0.39 is 0 Å². The van der Waals surface area contributed by atoms with Crippen molar-refractivity contribution in [1.29, 1.82) is 0 Å². The number of nitrogens with one attached hydrogen (secondary N) is 1. The summed E-state index contributed by atoms with van der Waals surface area (Å²) in [6.07, 6.45) is 8.57. The number of likely N-dealkylation sites (tertiary alicyclic amines) is 1. The maximum atomic E-state index is 11.9. The molecule has 1 saturated heterocycles. The molecule has 1 amide bonds. The molecule has 0 aliphatic carbocycles. The largest absolute Gasteiger partial charge is 0.336 e. The summed E-state index contributed by atoms with van der Waals surface area (Å²) in [7, 11) is 0. The van der Waals surface area contributed by atoms with Gasteiger partial charge in [0.1, 0.15) is 0 Å². The fourth-order valence-electron chi connectivity index (χ4n) is 2.25. The van der Waals surface area contributed by atoms with Gasteiger partial charge in [0.25, 0.3) is 0 Å². The average Bonchev–Trinajstić information content (AvgIpc) is 2.18. The van der Waals surface area contributed by atoms with Gasteiger partial charge in [-0.05, 0) is 33.1 Å². The van der Waals surface area contributed by atoms with Crippen LogP contribution in [0.5, 0.6) is 0 Å². The summed E-state index contributed by atoms with van der Waals surface area (Å²) >= 11 is 0. The normalized spacial score (nSPS) is 26.1. The zero-order valence-electron chi connectivity index (χ0n) is 9.62. The summed E-state index contributed by atoms with van der Waals surface area (Å²) in [6.45, 7) is 5.06. The van der Waals surface area contributed by atoms with Gasteiger partial charge >= 0.3 is 0 Å². The third-order valence-electron chi connectivity index (χ3n) is 2.98. The molecule has 0 radical (unpaired) electrons. The van der Waals surface area contributed by atoms with Crippen LogP contribution in [0.1, 0.15) is 33.1 Å². The molecule has 0 aromatic heterocycles. The molecule has 0 saturated carbocycles. The van der Waals surface area contributed by atoms with Crippen LogP contribution in [0.25, 0.3) is 0 Å². The standard InChI is InChI=1S/C12H20N2O/c1-4-8-13-9-12(15)14-10(2)6-5-7-11(14)3/h1,10-11,13H,5-9H2,2-3H3. The minimum atomic E-state index is 0.171. The van der Waals surface area contributed by atoms with Crippen molar-refractivity contribution in [1.82, 2.24) is 10.2 Å². The van der Waals surface area contributed by atoms with Gasteiger partial charge in [-0.2, -0.15) is 0 Å². The van der Waals surface area contributed by atoms with Crippen molar-refractivity contribution in [3.63, 3.8) is 0 Å². The molecular formula is C12H20N2O. The van der Waals surface area contributed by atoms with Crippen LogP contribution in [-0.2, 0) is 4.79 Å². The Kier molecular flexibility index (Phi) is 4.64. The lowest BCUT2D eigenvalue weighted by molar-refractivity contribution is -0.136. The van der Waals surface area contributed by atoms with Crippen molar-refractivity contribution < 1.29 is 4.79 Å². The Morgan fingerprint density at radius 1 is 1.47 bits per heavy atom. The van der Waals surface area contributed by atoms with Gasteiger partial charge in [0, 0.05) is 12.1 Å². The van der Waals surface area contributed by atoms with E-state index in [2.05, 4.69) is 25.1 Å². The first-order valence-corrected chi connectivity index (χ1v) is 5.62. The first-order valence-electron chi connectivity index (χ1n) is 5.62. The zero-order valence-corrected chi connectivity index (χ0v) is 9.62. The molecule has 15 heavy (non-hydrogen) atoms. The first-order chi connectivity index (χ1) is 7.16. The number of hydrogen-bond donors (Lipinski definition) is 1. The second-order valence-corrected chi connectivity index (χ2v) is 4.24. The Hall–Kier alpha value is -1.01. The molecule has 1 rings (SSSR count). The zero-order chi connectivity index (χ0) is 11.3. The van der Waals surface area contributed by atoms with Crippen LogP contribution in [0.2, 0.25) is 0 Å². The Morgan fingerprint density at radius 3 is 2.60 bits per heavy atom. The smallest absolute Gasteiger partial charge is 0.237 e. The highest BCUT2D eigenvalue weighted by molar-refractivity contribution is 5.79. The maximum Gasteiger partial charge on any atom is 0.237 e. The third-order valence-corrected chi connectivity index (χ3v) is 2.98. The quantitative estimate of drug-likeness (QED) is 0.554. The van der Waals surface area contributed by atoms with E-state index >= 15 is 0 Å². The molecule has 1 fully saturated rings. The number of carbonyl (C=O) groups excluding carboxylic acids is 1. The number of piperidine rings is 1. The lowest BCUT2D eigenvalue weighted by Gasteiger charge is -2.39. The first kappa shape index (κ1) is 12.1. The molecule has 0 aromatic rings. The molecular weight excluding hydrogens is 188 g/mol. The summed E-state index contributed by atoms with van der Waals surface area (Å²) in [4.78, 5) is 13.9. The summed E-state index contributed by atoms with van der Waals surface area (Å²) < 4.78 is 0. The molecule has 1 aliphatic rings. The molecule has 3 nitrogen and oxygen atoms in total. The number of carbonyl (C=O) groups is 1. The minimum Gasteiger partial charge on any atom is -0.336 e. The molecule has 1 heterocycles. The van der Waals surface area contributed by atoms with Gasteiger partial charge in [-0.1, -0.05) is 5.92 Å². The lowest BCUT2D eigenvalue weighted by Crippen LogP contribution is -2.50. The molecule has 2 unspecified atom stereocenters. The maximum absolute atomic E-state index is 11.9. The van der Waals surface area contributed by atoms with Gasteiger partial charge in [-0.3, -0.25) is 10.1 Å². The van der Waals surface area contributed by atoms with Gasteiger partial charge in [-0.25, -0.2) is 0 Å². The molecule has 1 N–H and O–H groups in total. The van der Waals surface area contributed by atoms with Gasteiger partial charge in [0.2, 0.25) is 5.91 Å². The van der Waals surface area contributed by atoms with Crippen LogP contribution in [0, 0.1) is 12.3 Å². The summed E-state index contributed by atoms with van der Waals surface area (Å²) in [5.74, 6) is 2.64. The molecule has 3 heteroatoms. The highest BCUT2D eigenvalue weighted by Crippen LogP contribution is 2.22. The average molecular weight is 208 g/mol. The second kappa shape index (κ2) is 5.77. The van der Waals surface area contributed by atoms with E-state index in [9.17, 15) is 4.79 Å². The van der Waals surface area contributed by atoms with E-state index in [1.807, 2.05) is 4.90 Å². The summed E-state index contributed by atoms with van der Waals surface area (Å²) in [6, 6.07) is 0.739. The fraction of sp³-hybridized carbons (Fsp3) is 0.750. The monoisotopic (exact) mass is 208 g/mol. The highest BCUT2D eigenvalue weighted by Gasteiger charge is 2.28. The van der Waals surface area contributed by atoms with Crippen LogP contribution < -0.4 is 5.32 Å². The molecule has 0 bridgehead atoms. The van der Waals surface area contributed by atoms with Crippen LogP contribution in [0.3, 0.4) is 0 Å². The van der Waals surface area contributed by atoms with Crippen molar-refractivity contribution in [3.8, 4) is 12.3 Å². The van der Waals surface area contributed by atoms with Crippen molar-refractivity contribution >= 4 is 5.91 Å². The van der Waals surface area contributed by atoms with Gasteiger partial charge in [0.15, 0.2) is 0 Å². The Bertz CT molecular complexity index is 247. The fourth-order valence-corrected chi connectivity index (χ4v) is 2.25. The number of rotatable bonds is 3. The van der Waals surface area contributed by atoms with Crippen molar-refractivity contribution in [2.75, 3.05) is 13.1 Å². The minimum absolute atomic E-state index is 0.171. The van der Waals surface area contributed by atoms with Gasteiger partial charge < -0.3 is 4.90 Å². The third kappa shape index (κ3) is 3.24. The predicted molar refractivity (Wildman–Crippen MR) is 61.3 cm³/mol. The highest BCUT2D eigenvalue weighted by atomic mass is 16.2. The van der Waals surface area contributed by atoms with Gasteiger partial charge in [-0.15, -0.1) is 6.42 Å². The Balaban J connectivity index is 2.45. The molecule has 2 atom stereocenters. The summed E-state index contributed by atoms with van der Waals surface area (Å²) in [5.41, 5.74) is 0. The van der Waals surface area contributed by atoms with Crippen molar-refractivity contribution in [2.45, 2.75) is 45.2 Å². The van der Waals surface area contributed by atoms with E-state index in [1.165, 1.54) is 6.42 Å². The topological polar surface area (TPSA) is 32.3 Å². The Morgan fingerprint density at radius 2 is 2.07 bits per heavy atom. The van der Waals surface area contributed by atoms with Crippen LogP contribution >= 0.6 is 0 Å². The van der Waals surface area contributed by atoms with E-state index in [1.54, 1.807) is 0 Å². The van der Waals surface area contributed by atoms with E-state index in [0.717, 1.165) is 12.8 Å².